The highest BCUT2D eigenvalue weighted by Crippen LogP contribution is 2.26. The standard InChI is InChI=1S/C17H18ClN3O2S/c1-9-6-14-15(7-10(9)2)20-17(19-14)21-24(22,23)16-8-11(3)13(18)5-12(16)4/h5-8H,1-4H3,(H2,19,20,21). The molecule has 1 heterocycles. The van der Waals surface area contributed by atoms with Crippen molar-refractivity contribution >= 4 is 38.6 Å². The number of nitrogens with one attached hydrogen (secondary N) is 2. The van der Waals surface area contributed by atoms with Crippen molar-refractivity contribution in [3.63, 3.8) is 0 Å². The second-order valence-corrected chi connectivity index (χ2v) is 8.07. The molecule has 0 saturated heterocycles. The SMILES string of the molecule is Cc1cc2nc(NS(=O)(=O)c3cc(C)c(Cl)cc3C)[nH]c2cc1C. The molecule has 0 aliphatic heterocycles. The summed E-state index contributed by atoms with van der Waals surface area (Å²) in [4.78, 5) is 7.52. The lowest BCUT2D eigenvalue weighted by molar-refractivity contribution is 0.600. The molecule has 0 aliphatic rings. The smallest absolute Gasteiger partial charge is 0.264 e. The van der Waals surface area contributed by atoms with Gasteiger partial charge in [0.1, 0.15) is 0 Å². The number of fused-ring (bicyclic) bond motifs is 1. The summed E-state index contributed by atoms with van der Waals surface area (Å²) in [7, 11) is -3.75. The van der Waals surface area contributed by atoms with Crippen molar-refractivity contribution < 1.29 is 8.42 Å². The molecule has 0 fully saturated rings. The number of aryl methyl sites for hydroxylation is 4. The van der Waals surface area contributed by atoms with Gasteiger partial charge >= 0.3 is 0 Å². The number of imidazole rings is 1. The van der Waals surface area contributed by atoms with Gasteiger partial charge in [0.05, 0.1) is 15.9 Å². The van der Waals surface area contributed by atoms with Crippen LogP contribution in [0.5, 0.6) is 0 Å². The number of sulfonamides is 1. The van der Waals surface area contributed by atoms with E-state index in [0.29, 0.717) is 16.1 Å². The molecule has 3 rings (SSSR count). The molecule has 0 atom stereocenters. The molecule has 0 radical (unpaired) electrons. The summed E-state index contributed by atoms with van der Waals surface area (Å²) >= 11 is 6.05. The quantitative estimate of drug-likeness (QED) is 0.730. The van der Waals surface area contributed by atoms with Crippen LogP contribution in [0.15, 0.2) is 29.2 Å². The maximum absolute atomic E-state index is 12.7. The fraction of sp³-hybridized carbons (Fsp3) is 0.235. The molecule has 126 valence electrons. The third-order valence-electron chi connectivity index (χ3n) is 4.07. The second kappa shape index (κ2) is 5.79. The monoisotopic (exact) mass is 363 g/mol. The van der Waals surface area contributed by atoms with Crippen LogP contribution in [0.1, 0.15) is 22.3 Å². The van der Waals surface area contributed by atoms with Crippen molar-refractivity contribution in [3.8, 4) is 0 Å². The van der Waals surface area contributed by atoms with E-state index in [0.717, 1.165) is 22.2 Å². The minimum atomic E-state index is -3.75. The third kappa shape index (κ3) is 2.99. The maximum Gasteiger partial charge on any atom is 0.264 e. The van der Waals surface area contributed by atoms with Crippen LogP contribution in [0.4, 0.5) is 5.95 Å². The molecule has 0 unspecified atom stereocenters. The molecule has 0 bridgehead atoms. The lowest BCUT2D eigenvalue weighted by Crippen LogP contribution is -2.15. The van der Waals surface area contributed by atoms with Crippen molar-refractivity contribution in [1.29, 1.82) is 0 Å². The number of rotatable bonds is 3. The van der Waals surface area contributed by atoms with Gasteiger partial charge in [-0.3, -0.25) is 0 Å². The summed E-state index contributed by atoms with van der Waals surface area (Å²) in [5, 5.41) is 0.543. The van der Waals surface area contributed by atoms with Crippen molar-refractivity contribution in [1.82, 2.24) is 9.97 Å². The summed E-state index contributed by atoms with van der Waals surface area (Å²) in [6.07, 6.45) is 0. The summed E-state index contributed by atoms with van der Waals surface area (Å²) < 4.78 is 27.9. The highest BCUT2D eigenvalue weighted by molar-refractivity contribution is 7.92. The number of nitrogens with zero attached hydrogens (tertiary/aromatic N) is 1. The highest BCUT2D eigenvalue weighted by Gasteiger charge is 2.20. The van der Waals surface area contributed by atoms with E-state index in [1.54, 1.807) is 26.0 Å². The lowest BCUT2D eigenvalue weighted by atomic mass is 10.1. The average Bonchev–Trinajstić information content (AvgIpc) is 2.83. The normalized spacial score (nSPS) is 11.9. The van der Waals surface area contributed by atoms with Crippen LogP contribution in [0.2, 0.25) is 5.02 Å². The van der Waals surface area contributed by atoms with Gasteiger partial charge in [0, 0.05) is 5.02 Å². The van der Waals surface area contributed by atoms with Crippen molar-refractivity contribution in [3.05, 3.63) is 51.5 Å². The number of anilines is 1. The predicted molar refractivity (Wildman–Crippen MR) is 97.3 cm³/mol. The van der Waals surface area contributed by atoms with Crippen molar-refractivity contribution in [2.45, 2.75) is 32.6 Å². The molecule has 24 heavy (non-hydrogen) atoms. The fourth-order valence-electron chi connectivity index (χ4n) is 2.54. The van der Waals surface area contributed by atoms with Gasteiger partial charge in [-0.15, -0.1) is 0 Å². The van der Waals surface area contributed by atoms with E-state index in [2.05, 4.69) is 14.7 Å². The van der Waals surface area contributed by atoms with Gasteiger partial charge in [-0.2, -0.15) is 0 Å². The molecule has 5 nitrogen and oxygen atoms in total. The van der Waals surface area contributed by atoms with Gasteiger partial charge in [-0.05, 0) is 74.2 Å². The van der Waals surface area contributed by atoms with E-state index in [4.69, 9.17) is 11.6 Å². The van der Waals surface area contributed by atoms with E-state index in [9.17, 15) is 8.42 Å². The Kier molecular flexibility index (Phi) is 4.05. The van der Waals surface area contributed by atoms with Gasteiger partial charge < -0.3 is 4.98 Å². The van der Waals surface area contributed by atoms with Gasteiger partial charge in [-0.1, -0.05) is 11.6 Å². The Balaban J connectivity index is 2.02. The number of halogens is 1. The van der Waals surface area contributed by atoms with Gasteiger partial charge in [0.25, 0.3) is 10.0 Å². The van der Waals surface area contributed by atoms with E-state index in [1.165, 1.54) is 0 Å². The predicted octanol–water partition coefficient (Wildman–Crippen LogP) is 4.25. The summed E-state index contributed by atoms with van der Waals surface area (Å²) in [5.74, 6) is 0.196. The minimum Gasteiger partial charge on any atom is -0.323 e. The van der Waals surface area contributed by atoms with E-state index >= 15 is 0 Å². The summed E-state index contributed by atoms with van der Waals surface area (Å²) in [6, 6.07) is 7.09. The molecule has 1 aromatic heterocycles. The molecule has 0 spiro atoms. The molecule has 3 aromatic rings. The van der Waals surface area contributed by atoms with Gasteiger partial charge in [-0.25, -0.2) is 18.1 Å². The number of hydrogen-bond acceptors (Lipinski definition) is 3. The molecule has 0 aliphatic carbocycles. The Morgan fingerprint density at radius 2 is 1.62 bits per heavy atom. The topological polar surface area (TPSA) is 74.8 Å². The van der Waals surface area contributed by atoms with Crippen LogP contribution >= 0.6 is 11.6 Å². The Hall–Kier alpha value is -2.05. The largest absolute Gasteiger partial charge is 0.323 e. The van der Waals surface area contributed by atoms with Crippen LogP contribution in [-0.4, -0.2) is 18.4 Å². The number of benzene rings is 2. The third-order valence-corrected chi connectivity index (χ3v) is 5.96. The second-order valence-electron chi connectivity index (χ2n) is 6.01. The Bertz CT molecular complexity index is 1020. The van der Waals surface area contributed by atoms with Gasteiger partial charge in [0.2, 0.25) is 5.95 Å². The van der Waals surface area contributed by atoms with Crippen LogP contribution in [0, 0.1) is 27.7 Å². The number of hydrogen-bond donors (Lipinski definition) is 2. The van der Waals surface area contributed by atoms with E-state index in [1.807, 2.05) is 26.0 Å². The molecule has 0 amide bonds. The number of aromatic amines is 1. The van der Waals surface area contributed by atoms with E-state index < -0.39 is 10.0 Å². The summed E-state index contributed by atoms with van der Waals surface area (Å²) in [6.45, 7) is 7.48. The molecule has 2 N–H and O–H groups in total. The zero-order valence-electron chi connectivity index (χ0n) is 13.9. The van der Waals surface area contributed by atoms with Crippen LogP contribution < -0.4 is 4.72 Å². The molecule has 0 saturated carbocycles. The zero-order valence-corrected chi connectivity index (χ0v) is 15.4. The number of H-pyrrole nitrogens is 1. The fourth-order valence-corrected chi connectivity index (χ4v) is 4.04. The van der Waals surface area contributed by atoms with E-state index in [-0.39, 0.29) is 10.8 Å². The van der Waals surface area contributed by atoms with Crippen LogP contribution in [0.25, 0.3) is 11.0 Å². The Morgan fingerprint density at radius 3 is 2.33 bits per heavy atom. The summed E-state index contributed by atoms with van der Waals surface area (Å²) in [5.41, 5.74) is 5.02. The highest BCUT2D eigenvalue weighted by atomic mass is 35.5. The first-order valence-electron chi connectivity index (χ1n) is 7.44. The molecule has 2 aromatic carbocycles. The first-order valence-corrected chi connectivity index (χ1v) is 9.30. The van der Waals surface area contributed by atoms with Crippen molar-refractivity contribution in [2.75, 3.05) is 4.72 Å². The number of aromatic nitrogens is 2. The van der Waals surface area contributed by atoms with Gasteiger partial charge in [0.15, 0.2) is 0 Å². The van der Waals surface area contributed by atoms with Crippen LogP contribution in [-0.2, 0) is 10.0 Å². The van der Waals surface area contributed by atoms with Crippen molar-refractivity contribution in [2.24, 2.45) is 0 Å². The molecule has 7 heteroatoms. The Morgan fingerprint density at radius 1 is 0.958 bits per heavy atom. The first-order chi connectivity index (χ1) is 11.2. The maximum atomic E-state index is 12.7. The first kappa shape index (κ1) is 16.8. The van der Waals surface area contributed by atoms with Crippen LogP contribution in [0.3, 0.4) is 0 Å². The molecular weight excluding hydrogens is 346 g/mol. The average molecular weight is 364 g/mol. The zero-order chi connectivity index (χ0) is 17.6. The molecular formula is C17H18ClN3O2S. The Labute approximate surface area is 146 Å². The minimum absolute atomic E-state index is 0.192. The lowest BCUT2D eigenvalue weighted by Gasteiger charge is -2.10.